The first kappa shape index (κ1) is 35.2. The maximum Gasteiger partial charge on any atom is 0.221 e. The Morgan fingerprint density at radius 2 is 0.617 bits per heavy atom. The van der Waals surface area contributed by atoms with Gasteiger partial charge in [0.1, 0.15) is 0 Å². The topological polar surface area (TPSA) is 0 Å². The maximum atomic E-state index is 5.37. The standard InChI is InChI=1S/C45H74P2/c1-2-45(38-24-10-3-11-25-38,46(39-26-12-4-13-27-39,40-28-14-5-15-29-40)41-30-16-6-17-31-41)47(42-32-18-7-19-33-42,43-34-20-8-21-35-43)44-36-22-9-23-37-44/h2-3,10-11,24-25,39-44H,1,4-9,12-23,26-37H2/q+2. The van der Waals surface area contributed by atoms with Crippen molar-refractivity contribution in [3.63, 3.8) is 0 Å². The van der Waals surface area contributed by atoms with Gasteiger partial charge in [0.2, 0.25) is 4.90 Å². The first-order chi connectivity index (χ1) is 23.3. The van der Waals surface area contributed by atoms with Crippen molar-refractivity contribution in [3.05, 3.63) is 48.6 Å². The highest BCUT2D eigenvalue weighted by atomic mass is 31.2. The average molecular weight is 677 g/mol. The molecule has 6 fully saturated rings. The summed E-state index contributed by atoms with van der Waals surface area (Å²) in [6.45, 7) is 5.37. The van der Waals surface area contributed by atoms with Gasteiger partial charge in [-0.25, -0.2) is 0 Å². The van der Waals surface area contributed by atoms with E-state index >= 15 is 0 Å². The van der Waals surface area contributed by atoms with Gasteiger partial charge in [-0.3, -0.25) is 0 Å². The summed E-state index contributed by atoms with van der Waals surface area (Å²) < 4.78 is 0. The van der Waals surface area contributed by atoms with Crippen LogP contribution in [0.1, 0.15) is 198 Å². The Hall–Kier alpha value is -0.180. The van der Waals surface area contributed by atoms with E-state index in [1.807, 2.05) is 5.56 Å². The van der Waals surface area contributed by atoms with Crippen LogP contribution < -0.4 is 0 Å². The Labute approximate surface area is 293 Å². The van der Waals surface area contributed by atoms with E-state index in [0.717, 1.165) is 34.0 Å². The van der Waals surface area contributed by atoms with Gasteiger partial charge < -0.3 is 0 Å². The SMILES string of the molecule is C=CC(c1ccccc1)([P+](C1CCCCC1)(C1CCCCC1)C1CCCCC1)[P+](C1CCCCC1)(C1CCCCC1)C1CCCCC1. The predicted molar refractivity (Wildman–Crippen MR) is 213 cm³/mol. The molecule has 1 aromatic rings. The van der Waals surface area contributed by atoms with Gasteiger partial charge in [0.05, 0.1) is 48.5 Å². The molecule has 0 N–H and O–H groups in total. The molecule has 2 heteroatoms. The van der Waals surface area contributed by atoms with Gasteiger partial charge in [0.15, 0.2) is 0 Å². The Kier molecular flexibility index (Phi) is 12.3. The van der Waals surface area contributed by atoms with Gasteiger partial charge in [-0.15, -0.1) is 0 Å². The minimum Gasteiger partial charge on any atom is -0.0946 e. The van der Waals surface area contributed by atoms with Gasteiger partial charge in [0.25, 0.3) is 0 Å². The zero-order chi connectivity index (χ0) is 32.0. The Bertz CT molecular complexity index is 919. The van der Waals surface area contributed by atoms with Crippen LogP contribution in [0.5, 0.6) is 0 Å². The van der Waals surface area contributed by atoms with Crippen molar-refractivity contribution >= 4 is 14.5 Å². The smallest absolute Gasteiger partial charge is 0.0946 e. The molecule has 7 rings (SSSR count). The lowest BCUT2D eigenvalue weighted by Crippen LogP contribution is -2.54. The second-order valence-electron chi connectivity index (χ2n) is 17.7. The van der Waals surface area contributed by atoms with Crippen LogP contribution in [0.3, 0.4) is 0 Å². The van der Waals surface area contributed by atoms with Crippen molar-refractivity contribution < 1.29 is 0 Å². The fraction of sp³-hybridized carbons (Fsp3) is 0.822. The minimum absolute atomic E-state index is 0.291. The molecule has 0 spiro atoms. The van der Waals surface area contributed by atoms with Crippen molar-refractivity contribution in [2.45, 2.75) is 231 Å². The molecule has 6 aliphatic rings. The van der Waals surface area contributed by atoms with Crippen LogP contribution in [0, 0.1) is 0 Å². The highest BCUT2D eigenvalue weighted by Gasteiger charge is 2.83. The number of allylic oxidation sites excluding steroid dienone is 1. The molecule has 0 radical (unpaired) electrons. The van der Waals surface area contributed by atoms with Crippen molar-refractivity contribution in [3.8, 4) is 0 Å². The van der Waals surface area contributed by atoms with Gasteiger partial charge in [0, 0.05) is 5.56 Å². The summed E-state index contributed by atoms with van der Waals surface area (Å²) in [5.74, 6) is 0. The van der Waals surface area contributed by atoms with Crippen LogP contribution in [-0.2, 0) is 4.90 Å². The summed E-state index contributed by atoms with van der Waals surface area (Å²) in [4.78, 5) is 0.291. The van der Waals surface area contributed by atoms with Gasteiger partial charge in [-0.05, 0) is 160 Å². The second-order valence-corrected chi connectivity index (χ2v) is 27.2. The molecule has 6 saturated carbocycles. The molecule has 0 saturated heterocycles. The Morgan fingerprint density at radius 3 is 0.830 bits per heavy atom. The Morgan fingerprint density at radius 1 is 0.383 bits per heavy atom. The highest BCUT2D eigenvalue weighted by molar-refractivity contribution is 7.95. The van der Waals surface area contributed by atoms with E-state index in [4.69, 9.17) is 6.58 Å². The molecule has 0 bridgehead atoms. The molecule has 6 aliphatic carbocycles. The number of hydrogen-bond donors (Lipinski definition) is 0. The minimum atomic E-state index is -1.58. The van der Waals surface area contributed by atoms with Crippen LogP contribution in [0.25, 0.3) is 0 Å². The van der Waals surface area contributed by atoms with Crippen LogP contribution >= 0.6 is 14.5 Å². The zero-order valence-electron chi connectivity index (χ0n) is 30.7. The molecule has 0 atom stereocenters. The van der Waals surface area contributed by atoms with Gasteiger partial charge in [-0.2, -0.15) is 0 Å². The van der Waals surface area contributed by atoms with E-state index in [9.17, 15) is 0 Å². The van der Waals surface area contributed by atoms with Crippen LogP contribution in [0.4, 0.5) is 0 Å². The normalized spacial score (nSPS) is 26.7. The summed E-state index contributed by atoms with van der Waals surface area (Å²) in [6.07, 6.45) is 49.1. The quantitative estimate of drug-likeness (QED) is 0.171. The fourth-order valence-corrected chi connectivity index (χ4v) is 35.8. The average Bonchev–Trinajstić information content (AvgIpc) is 3.17. The number of hydrogen-bond acceptors (Lipinski definition) is 0. The summed E-state index contributed by atoms with van der Waals surface area (Å²) in [7, 11) is -3.15. The summed E-state index contributed by atoms with van der Waals surface area (Å²) >= 11 is 0. The molecule has 0 aliphatic heterocycles. The third-order valence-electron chi connectivity index (χ3n) is 15.7. The summed E-state index contributed by atoms with van der Waals surface area (Å²) in [5, 5.41) is 0. The van der Waals surface area contributed by atoms with E-state index in [1.54, 1.807) is 77.0 Å². The molecule has 47 heavy (non-hydrogen) atoms. The first-order valence-electron chi connectivity index (χ1n) is 21.8. The van der Waals surface area contributed by atoms with Crippen LogP contribution in [0.15, 0.2) is 43.0 Å². The molecule has 262 valence electrons. The fourth-order valence-electron chi connectivity index (χ4n) is 14.4. The third-order valence-corrected chi connectivity index (χ3v) is 31.4. The molecule has 0 unspecified atom stereocenters. The Balaban J connectivity index is 1.61. The lowest BCUT2D eigenvalue weighted by Gasteiger charge is -2.64. The summed E-state index contributed by atoms with van der Waals surface area (Å²) in [5.41, 5.74) is 7.92. The molecular formula is C45H74P2+2. The van der Waals surface area contributed by atoms with E-state index in [2.05, 4.69) is 36.4 Å². The number of benzene rings is 1. The maximum absolute atomic E-state index is 5.37. The molecule has 0 aromatic heterocycles. The largest absolute Gasteiger partial charge is 0.221 e. The number of rotatable bonds is 10. The lowest BCUT2D eigenvalue weighted by atomic mass is 9.98. The monoisotopic (exact) mass is 677 g/mol. The second kappa shape index (κ2) is 16.4. The first-order valence-corrected chi connectivity index (χ1v) is 25.7. The molecule has 0 heterocycles. The molecule has 0 amide bonds. The van der Waals surface area contributed by atoms with Crippen LogP contribution in [-0.4, -0.2) is 34.0 Å². The van der Waals surface area contributed by atoms with Crippen molar-refractivity contribution in [1.29, 1.82) is 0 Å². The van der Waals surface area contributed by atoms with Crippen molar-refractivity contribution in [2.24, 2.45) is 0 Å². The molecular weight excluding hydrogens is 602 g/mol. The highest BCUT2D eigenvalue weighted by Crippen LogP contribution is 3.02. The third kappa shape index (κ3) is 6.23. The predicted octanol–water partition coefficient (Wildman–Crippen LogP) is 15.1. The van der Waals surface area contributed by atoms with Crippen molar-refractivity contribution in [1.82, 2.24) is 0 Å². The van der Waals surface area contributed by atoms with Gasteiger partial charge in [-0.1, -0.05) is 75.4 Å². The van der Waals surface area contributed by atoms with Crippen LogP contribution in [0.2, 0.25) is 0 Å². The zero-order valence-corrected chi connectivity index (χ0v) is 32.5. The van der Waals surface area contributed by atoms with Gasteiger partial charge >= 0.3 is 0 Å². The molecule has 1 aromatic carbocycles. The molecule has 0 nitrogen and oxygen atoms in total. The van der Waals surface area contributed by atoms with Crippen molar-refractivity contribution in [2.75, 3.05) is 0 Å². The lowest BCUT2D eigenvalue weighted by molar-refractivity contribution is 0.432. The van der Waals surface area contributed by atoms with E-state index < -0.39 is 14.5 Å². The van der Waals surface area contributed by atoms with E-state index in [1.165, 1.54) is 116 Å². The van der Waals surface area contributed by atoms with E-state index in [0.29, 0.717) is 4.90 Å². The van der Waals surface area contributed by atoms with E-state index in [-0.39, 0.29) is 0 Å². The summed E-state index contributed by atoms with van der Waals surface area (Å²) in [6, 6.07) is 13.0.